The van der Waals surface area contributed by atoms with E-state index in [-0.39, 0.29) is 11.6 Å². The van der Waals surface area contributed by atoms with Crippen molar-refractivity contribution in [3.05, 3.63) is 71.4 Å². The van der Waals surface area contributed by atoms with E-state index < -0.39 is 5.91 Å². The molecule has 0 spiro atoms. The highest BCUT2D eigenvalue weighted by molar-refractivity contribution is 6.04. The SMILES string of the molecule is Cc1nn(C)c2ccc([C@@H](C)NC(=O)/C(C#N)=C/c3c[nH]c4ncc(-c5cnn(C)c5)cc34)cc12. The van der Waals surface area contributed by atoms with Crippen LogP contribution in [0.15, 0.2) is 54.6 Å². The van der Waals surface area contributed by atoms with Gasteiger partial charge < -0.3 is 10.3 Å². The second-order valence-electron chi connectivity index (χ2n) is 8.62. The zero-order chi connectivity index (χ0) is 24.7. The van der Waals surface area contributed by atoms with Crippen LogP contribution >= 0.6 is 0 Å². The van der Waals surface area contributed by atoms with Gasteiger partial charge in [0.15, 0.2) is 0 Å². The molecule has 0 radical (unpaired) electrons. The Hall–Kier alpha value is -4.71. The van der Waals surface area contributed by atoms with Crippen LogP contribution in [0.2, 0.25) is 0 Å². The van der Waals surface area contributed by atoms with Gasteiger partial charge in [-0.05, 0) is 43.7 Å². The Morgan fingerprint density at radius 1 is 1.20 bits per heavy atom. The maximum atomic E-state index is 13.0. The van der Waals surface area contributed by atoms with Crippen molar-refractivity contribution in [3.8, 4) is 17.2 Å². The van der Waals surface area contributed by atoms with Crippen LogP contribution in [0.4, 0.5) is 0 Å². The van der Waals surface area contributed by atoms with Gasteiger partial charge in [0.25, 0.3) is 5.91 Å². The molecule has 35 heavy (non-hydrogen) atoms. The average Bonchev–Trinajstić information content (AvgIpc) is 3.54. The molecule has 0 saturated heterocycles. The summed E-state index contributed by atoms with van der Waals surface area (Å²) < 4.78 is 3.56. The minimum absolute atomic E-state index is 0.0168. The molecule has 0 fully saturated rings. The highest BCUT2D eigenvalue weighted by Crippen LogP contribution is 2.26. The fourth-order valence-electron chi connectivity index (χ4n) is 4.26. The monoisotopic (exact) mass is 464 g/mol. The van der Waals surface area contributed by atoms with Crippen LogP contribution < -0.4 is 5.32 Å². The van der Waals surface area contributed by atoms with Gasteiger partial charge in [0.1, 0.15) is 17.3 Å². The van der Waals surface area contributed by atoms with E-state index >= 15 is 0 Å². The number of fused-ring (bicyclic) bond motifs is 2. The minimum Gasteiger partial charge on any atom is -0.346 e. The van der Waals surface area contributed by atoms with E-state index in [0.29, 0.717) is 11.2 Å². The zero-order valence-corrected chi connectivity index (χ0v) is 19.9. The molecule has 0 aliphatic rings. The molecule has 1 amide bonds. The lowest BCUT2D eigenvalue weighted by atomic mass is 10.0. The molecule has 4 heterocycles. The third-order valence-corrected chi connectivity index (χ3v) is 6.17. The van der Waals surface area contributed by atoms with Crippen molar-refractivity contribution >= 4 is 33.9 Å². The number of aromatic amines is 1. The lowest BCUT2D eigenvalue weighted by Gasteiger charge is -2.14. The van der Waals surface area contributed by atoms with Crippen LogP contribution in [0, 0.1) is 18.3 Å². The molecule has 5 rings (SSSR count). The van der Waals surface area contributed by atoms with Crippen LogP contribution in [0.5, 0.6) is 0 Å². The first-order chi connectivity index (χ1) is 16.8. The topological polar surface area (TPSA) is 117 Å². The second kappa shape index (κ2) is 8.57. The Labute approximate surface area is 201 Å². The van der Waals surface area contributed by atoms with Gasteiger partial charge in [-0.1, -0.05) is 6.07 Å². The second-order valence-corrected chi connectivity index (χ2v) is 8.62. The fraction of sp³-hybridized carbons (Fsp3) is 0.192. The van der Waals surface area contributed by atoms with Gasteiger partial charge in [-0.15, -0.1) is 0 Å². The maximum absolute atomic E-state index is 13.0. The predicted molar refractivity (Wildman–Crippen MR) is 134 cm³/mol. The van der Waals surface area contributed by atoms with Crippen molar-refractivity contribution in [2.24, 2.45) is 14.1 Å². The van der Waals surface area contributed by atoms with E-state index in [9.17, 15) is 10.1 Å². The van der Waals surface area contributed by atoms with Crippen molar-refractivity contribution in [1.29, 1.82) is 5.26 Å². The van der Waals surface area contributed by atoms with Crippen molar-refractivity contribution in [1.82, 2.24) is 34.8 Å². The molecule has 0 bridgehead atoms. The largest absolute Gasteiger partial charge is 0.346 e. The summed E-state index contributed by atoms with van der Waals surface area (Å²) in [6.07, 6.45) is 8.78. The van der Waals surface area contributed by atoms with Crippen molar-refractivity contribution in [2.45, 2.75) is 19.9 Å². The molecule has 9 heteroatoms. The van der Waals surface area contributed by atoms with E-state index in [1.165, 1.54) is 0 Å². The molecule has 0 saturated carbocycles. The maximum Gasteiger partial charge on any atom is 0.262 e. The van der Waals surface area contributed by atoms with Crippen molar-refractivity contribution < 1.29 is 4.79 Å². The fourth-order valence-corrected chi connectivity index (χ4v) is 4.26. The molecule has 2 N–H and O–H groups in total. The Bertz CT molecular complexity index is 1660. The quantitative estimate of drug-likeness (QED) is 0.302. The summed E-state index contributed by atoms with van der Waals surface area (Å²) in [7, 11) is 3.76. The number of nitrogens with zero attached hydrogens (tertiary/aromatic N) is 6. The highest BCUT2D eigenvalue weighted by Gasteiger charge is 2.17. The number of H-pyrrole nitrogens is 1. The number of benzene rings is 1. The summed E-state index contributed by atoms with van der Waals surface area (Å²) in [6, 6.07) is 9.72. The van der Waals surface area contributed by atoms with Crippen LogP contribution in [0.25, 0.3) is 39.1 Å². The van der Waals surface area contributed by atoms with E-state index in [0.717, 1.165) is 38.7 Å². The summed E-state index contributed by atoms with van der Waals surface area (Å²) >= 11 is 0. The molecular weight excluding hydrogens is 440 g/mol. The summed E-state index contributed by atoms with van der Waals surface area (Å²) in [5, 5.41) is 23.2. The Balaban J connectivity index is 1.41. The molecule has 4 aromatic heterocycles. The van der Waals surface area contributed by atoms with Gasteiger partial charge in [-0.3, -0.25) is 14.2 Å². The third-order valence-electron chi connectivity index (χ3n) is 6.17. The van der Waals surface area contributed by atoms with Gasteiger partial charge in [0.05, 0.1) is 23.4 Å². The number of carbonyl (C=O) groups is 1. The first-order valence-electron chi connectivity index (χ1n) is 11.2. The van der Waals surface area contributed by atoms with Crippen LogP contribution in [0.1, 0.15) is 29.8 Å². The summed E-state index contributed by atoms with van der Waals surface area (Å²) in [6.45, 7) is 3.86. The van der Waals surface area contributed by atoms with Gasteiger partial charge in [-0.25, -0.2) is 4.98 Å². The number of amides is 1. The molecule has 1 atom stereocenters. The standard InChI is InChI=1S/C26H24N8O/c1-15(17-5-6-24-22(8-17)16(2)32-34(24)4)31-26(35)18(10-27)7-20-12-29-25-23(20)9-19(11-28-25)21-13-30-33(3)14-21/h5-9,11-15H,1-4H3,(H,28,29)(H,31,35)/b18-7+/t15-/m1/s1. The number of aryl methyl sites for hydroxylation is 3. The van der Waals surface area contributed by atoms with Gasteiger partial charge >= 0.3 is 0 Å². The van der Waals surface area contributed by atoms with E-state index in [1.807, 2.05) is 69.2 Å². The molecule has 0 unspecified atom stereocenters. The molecule has 5 aromatic rings. The molecular formula is C26H24N8O. The van der Waals surface area contributed by atoms with Crippen LogP contribution in [0.3, 0.4) is 0 Å². The van der Waals surface area contributed by atoms with E-state index in [1.54, 1.807) is 29.3 Å². The number of carbonyl (C=O) groups excluding carboxylic acids is 1. The first kappa shape index (κ1) is 22.1. The first-order valence-corrected chi connectivity index (χ1v) is 11.2. The summed E-state index contributed by atoms with van der Waals surface area (Å²) in [5.74, 6) is -0.436. The smallest absolute Gasteiger partial charge is 0.262 e. The number of nitriles is 1. The van der Waals surface area contributed by atoms with Crippen LogP contribution in [-0.4, -0.2) is 35.4 Å². The molecule has 1 aromatic carbocycles. The third kappa shape index (κ3) is 4.06. The highest BCUT2D eigenvalue weighted by atomic mass is 16.1. The Kier molecular flexibility index (Phi) is 5.41. The van der Waals surface area contributed by atoms with Crippen LogP contribution in [-0.2, 0) is 18.9 Å². The molecule has 174 valence electrons. The van der Waals surface area contributed by atoms with Gasteiger partial charge in [0.2, 0.25) is 0 Å². The summed E-state index contributed by atoms with van der Waals surface area (Å²) in [5.41, 5.74) is 6.14. The predicted octanol–water partition coefficient (Wildman–Crippen LogP) is 3.94. The van der Waals surface area contributed by atoms with Gasteiger partial charge in [0, 0.05) is 60.1 Å². The lowest BCUT2D eigenvalue weighted by molar-refractivity contribution is -0.117. The molecule has 9 nitrogen and oxygen atoms in total. The molecule has 0 aliphatic carbocycles. The zero-order valence-electron chi connectivity index (χ0n) is 19.9. The number of nitrogens with one attached hydrogen (secondary N) is 2. The van der Waals surface area contributed by atoms with E-state index in [4.69, 9.17) is 0 Å². The minimum atomic E-state index is -0.436. The van der Waals surface area contributed by atoms with Crippen molar-refractivity contribution in [3.63, 3.8) is 0 Å². The van der Waals surface area contributed by atoms with Crippen molar-refractivity contribution in [2.75, 3.05) is 0 Å². The Morgan fingerprint density at radius 3 is 2.77 bits per heavy atom. The average molecular weight is 465 g/mol. The molecule has 0 aliphatic heterocycles. The number of hydrogen-bond donors (Lipinski definition) is 2. The van der Waals surface area contributed by atoms with E-state index in [2.05, 4.69) is 25.5 Å². The number of pyridine rings is 1. The normalized spacial score (nSPS) is 12.7. The number of hydrogen-bond acceptors (Lipinski definition) is 5. The van der Waals surface area contributed by atoms with Gasteiger partial charge in [-0.2, -0.15) is 15.5 Å². The lowest BCUT2D eigenvalue weighted by Crippen LogP contribution is -2.27. The number of rotatable bonds is 5. The Morgan fingerprint density at radius 2 is 2.03 bits per heavy atom. The number of aromatic nitrogens is 6. The summed E-state index contributed by atoms with van der Waals surface area (Å²) in [4.78, 5) is 20.6.